The second-order valence-electron chi connectivity index (χ2n) is 7.59. The molecule has 32 heavy (non-hydrogen) atoms. The van der Waals surface area contributed by atoms with Crippen LogP contribution >= 0.6 is 0 Å². The molecule has 0 aromatic heterocycles. The molecule has 4 nitrogen and oxygen atoms in total. The lowest BCUT2D eigenvalue weighted by molar-refractivity contribution is 0.309. The molecule has 0 aliphatic heterocycles. The molecule has 0 amide bonds. The van der Waals surface area contributed by atoms with Gasteiger partial charge < -0.3 is 9.47 Å². The van der Waals surface area contributed by atoms with E-state index in [1.54, 1.807) is 0 Å². The van der Waals surface area contributed by atoms with Crippen molar-refractivity contribution in [1.82, 2.24) is 0 Å². The van der Waals surface area contributed by atoms with Gasteiger partial charge in [-0.25, -0.2) is 0 Å². The van der Waals surface area contributed by atoms with Crippen LogP contribution in [0, 0.1) is 22.7 Å². The zero-order valence-electron chi connectivity index (χ0n) is 18.7. The topological polar surface area (TPSA) is 66.0 Å². The molecule has 3 aromatic carbocycles. The number of nitriles is 2. The average Bonchev–Trinajstić information content (AvgIpc) is 2.84. The molecule has 0 saturated heterocycles. The summed E-state index contributed by atoms with van der Waals surface area (Å²) in [6.07, 6.45) is 4.20. The van der Waals surface area contributed by atoms with Crippen LogP contribution in [0.4, 0.5) is 0 Å². The largest absolute Gasteiger partial charge is 0.494 e. The fourth-order valence-electron chi connectivity index (χ4n) is 3.45. The molecule has 0 unspecified atom stereocenters. The Morgan fingerprint density at radius 1 is 0.594 bits per heavy atom. The molecule has 0 bridgehead atoms. The van der Waals surface area contributed by atoms with E-state index in [4.69, 9.17) is 9.47 Å². The number of ether oxygens (including phenoxy) is 2. The summed E-state index contributed by atoms with van der Waals surface area (Å²) in [5, 5.41) is 19.8. The second-order valence-corrected chi connectivity index (χ2v) is 7.59. The summed E-state index contributed by atoms with van der Waals surface area (Å²) in [6.45, 7) is 5.63. The quantitative estimate of drug-likeness (QED) is 0.325. The number of benzene rings is 3. The Morgan fingerprint density at radius 3 is 1.28 bits per heavy atom. The third-order valence-electron chi connectivity index (χ3n) is 5.29. The average molecular weight is 425 g/mol. The minimum absolute atomic E-state index is 0.382. The number of unbranched alkanes of at least 4 members (excludes halogenated alkanes) is 2. The molecule has 4 heteroatoms. The van der Waals surface area contributed by atoms with E-state index in [0.29, 0.717) is 24.3 Å². The van der Waals surface area contributed by atoms with Crippen molar-refractivity contribution in [2.45, 2.75) is 39.5 Å². The molecule has 0 spiro atoms. The van der Waals surface area contributed by atoms with Gasteiger partial charge in [-0.1, -0.05) is 63.1 Å². The van der Waals surface area contributed by atoms with Crippen LogP contribution in [0.1, 0.15) is 50.7 Å². The van der Waals surface area contributed by atoms with Crippen LogP contribution in [-0.2, 0) is 0 Å². The fourth-order valence-corrected chi connectivity index (χ4v) is 3.45. The van der Waals surface area contributed by atoms with E-state index in [-0.39, 0.29) is 0 Å². The second kappa shape index (κ2) is 11.6. The van der Waals surface area contributed by atoms with Gasteiger partial charge in [0.25, 0.3) is 0 Å². The highest BCUT2D eigenvalue weighted by atomic mass is 16.5. The van der Waals surface area contributed by atoms with Gasteiger partial charge in [-0.3, -0.25) is 0 Å². The highest BCUT2D eigenvalue weighted by molar-refractivity contribution is 5.82. The van der Waals surface area contributed by atoms with Gasteiger partial charge in [0.1, 0.15) is 23.6 Å². The first-order valence-corrected chi connectivity index (χ1v) is 11.2. The summed E-state index contributed by atoms with van der Waals surface area (Å²) in [7, 11) is 0. The number of hydrogen-bond acceptors (Lipinski definition) is 4. The molecular formula is C28H28N2O2. The summed E-state index contributed by atoms with van der Waals surface area (Å²) in [6, 6.07) is 23.7. The van der Waals surface area contributed by atoms with E-state index in [2.05, 4.69) is 26.0 Å². The van der Waals surface area contributed by atoms with E-state index in [1.165, 1.54) is 0 Å². The first-order chi connectivity index (χ1) is 15.7. The minimum Gasteiger partial charge on any atom is -0.494 e. The van der Waals surface area contributed by atoms with Crippen LogP contribution in [0.25, 0.3) is 22.3 Å². The number of nitrogens with zero attached hydrogens (tertiary/aromatic N) is 2. The lowest BCUT2D eigenvalue weighted by atomic mass is 9.90. The Hall–Kier alpha value is -3.76. The lowest BCUT2D eigenvalue weighted by Crippen LogP contribution is -1.97. The van der Waals surface area contributed by atoms with Crippen LogP contribution in [0.5, 0.6) is 11.5 Å². The summed E-state index contributed by atoms with van der Waals surface area (Å²) >= 11 is 0. The maximum atomic E-state index is 9.88. The summed E-state index contributed by atoms with van der Waals surface area (Å²) in [5.74, 6) is 1.61. The standard InChI is InChI=1S/C28H28N2O2/c1-3-5-17-31-23-11-7-21(8-12-23)25-15-16-26(28(20-30)27(25)19-29)22-9-13-24(14-10-22)32-18-6-4-2/h7-16H,3-6,17-18H2,1-2H3. The fraction of sp³-hybridized carbons (Fsp3) is 0.286. The van der Waals surface area contributed by atoms with Crippen molar-refractivity contribution in [3.63, 3.8) is 0 Å². The lowest BCUT2D eigenvalue weighted by Gasteiger charge is -2.12. The van der Waals surface area contributed by atoms with Crippen molar-refractivity contribution in [1.29, 1.82) is 10.5 Å². The predicted molar refractivity (Wildman–Crippen MR) is 128 cm³/mol. The first-order valence-electron chi connectivity index (χ1n) is 11.2. The highest BCUT2D eigenvalue weighted by Crippen LogP contribution is 2.34. The van der Waals surface area contributed by atoms with Crippen molar-refractivity contribution in [3.05, 3.63) is 71.8 Å². The Morgan fingerprint density at radius 2 is 0.969 bits per heavy atom. The predicted octanol–water partition coefficient (Wildman–Crippen LogP) is 7.12. The normalized spacial score (nSPS) is 10.2. The molecule has 0 heterocycles. The Labute approximate surface area is 190 Å². The summed E-state index contributed by atoms with van der Waals surface area (Å²) in [4.78, 5) is 0. The van der Waals surface area contributed by atoms with Crippen molar-refractivity contribution in [3.8, 4) is 45.9 Å². The van der Waals surface area contributed by atoms with Crippen molar-refractivity contribution >= 4 is 0 Å². The zero-order valence-corrected chi connectivity index (χ0v) is 18.7. The first kappa shape index (κ1) is 22.9. The maximum absolute atomic E-state index is 9.88. The van der Waals surface area contributed by atoms with Gasteiger partial charge in [-0.2, -0.15) is 10.5 Å². The van der Waals surface area contributed by atoms with Gasteiger partial charge in [0, 0.05) is 11.1 Å². The Bertz CT molecular complexity index is 1010. The SMILES string of the molecule is CCCCOc1ccc(-c2ccc(-c3ccc(OCCCC)cc3)c(C#N)c2C#N)cc1. The van der Waals surface area contributed by atoms with E-state index < -0.39 is 0 Å². The molecule has 0 fully saturated rings. The molecule has 0 N–H and O–H groups in total. The van der Waals surface area contributed by atoms with Gasteiger partial charge in [-0.05, 0) is 48.2 Å². The van der Waals surface area contributed by atoms with E-state index in [1.807, 2.05) is 60.7 Å². The molecule has 0 aliphatic carbocycles. The number of rotatable bonds is 10. The molecule has 162 valence electrons. The molecule has 0 saturated carbocycles. The van der Waals surface area contributed by atoms with Gasteiger partial charge in [0.05, 0.1) is 24.3 Å². The Balaban J connectivity index is 1.89. The third-order valence-corrected chi connectivity index (χ3v) is 5.29. The number of hydrogen-bond donors (Lipinski definition) is 0. The highest BCUT2D eigenvalue weighted by Gasteiger charge is 2.16. The van der Waals surface area contributed by atoms with Gasteiger partial charge in [0.2, 0.25) is 0 Å². The monoisotopic (exact) mass is 424 g/mol. The summed E-state index contributed by atoms with van der Waals surface area (Å²) in [5.41, 5.74) is 4.01. The van der Waals surface area contributed by atoms with Gasteiger partial charge in [-0.15, -0.1) is 0 Å². The van der Waals surface area contributed by atoms with Crippen LogP contribution in [0.2, 0.25) is 0 Å². The molecule has 3 rings (SSSR count). The van der Waals surface area contributed by atoms with Crippen molar-refractivity contribution in [2.75, 3.05) is 13.2 Å². The maximum Gasteiger partial charge on any atom is 0.119 e. The van der Waals surface area contributed by atoms with Crippen molar-refractivity contribution in [2.24, 2.45) is 0 Å². The van der Waals surface area contributed by atoms with Crippen LogP contribution in [-0.4, -0.2) is 13.2 Å². The van der Waals surface area contributed by atoms with Gasteiger partial charge in [0.15, 0.2) is 0 Å². The van der Waals surface area contributed by atoms with Crippen molar-refractivity contribution < 1.29 is 9.47 Å². The smallest absolute Gasteiger partial charge is 0.119 e. The van der Waals surface area contributed by atoms with Crippen LogP contribution in [0.3, 0.4) is 0 Å². The zero-order chi connectivity index (χ0) is 22.8. The molecule has 0 radical (unpaired) electrons. The molecule has 0 aliphatic rings. The van der Waals surface area contributed by atoms with Crippen LogP contribution < -0.4 is 9.47 Å². The van der Waals surface area contributed by atoms with Crippen LogP contribution in [0.15, 0.2) is 60.7 Å². The molecule has 3 aromatic rings. The van der Waals surface area contributed by atoms with E-state index >= 15 is 0 Å². The van der Waals surface area contributed by atoms with E-state index in [0.717, 1.165) is 59.4 Å². The van der Waals surface area contributed by atoms with Gasteiger partial charge >= 0.3 is 0 Å². The van der Waals surface area contributed by atoms with E-state index in [9.17, 15) is 10.5 Å². The molecular weight excluding hydrogens is 396 g/mol. The third kappa shape index (κ3) is 5.48. The Kier molecular flexibility index (Phi) is 8.29. The molecule has 0 atom stereocenters. The summed E-state index contributed by atoms with van der Waals surface area (Å²) < 4.78 is 11.5. The minimum atomic E-state index is 0.382.